The summed E-state index contributed by atoms with van der Waals surface area (Å²) >= 11 is 0. The van der Waals surface area contributed by atoms with E-state index in [0.29, 0.717) is 13.0 Å². The van der Waals surface area contributed by atoms with Crippen molar-refractivity contribution >= 4 is 16.8 Å². The van der Waals surface area contributed by atoms with Crippen molar-refractivity contribution in [1.29, 1.82) is 0 Å². The first-order valence-corrected chi connectivity index (χ1v) is 7.49. The number of aliphatic hydroxyl groups is 1. The quantitative estimate of drug-likeness (QED) is 0.892. The van der Waals surface area contributed by atoms with Crippen LogP contribution in [0.4, 0.5) is 0 Å². The molecular weight excluding hydrogens is 266 g/mol. The van der Waals surface area contributed by atoms with Crippen LogP contribution in [0.1, 0.15) is 24.8 Å². The molecule has 2 atom stereocenters. The number of hydrogen-bond acceptors (Lipinski definition) is 4. The van der Waals surface area contributed by atoms with Crippen molar-refractivity contribution < 1.29 is 9.90 Å². The summed E-state index contributed by atoms with van der Waals surface area (Å²) in [5.41, 5.74) is 3.05. The number of nitrogens with zero attached hydrogens (tertiary/aromatic N) is 2. The first-order chi connectivity index (χ1) is 10.1. The number of rotatable bonds is 4. The van der Waals surface area contributed by atoms with E-state index in [1.165, 1.54) is 0 Å². The maximum atomic E-state index is 12.3. The van der Waals surface area contributed by atoms with Crippen LogP contribution in [-0.2, 0) is 11.3 Å². The number of piperidine rings is 1. The molecule has 1 aliphatic heterocycles. The molecule has 2 aromatic rings. The number of fused-ring (bicyclic) bond motifs is 1. The third-order valence-corrected chi connectivity index (χ3v) is 4.18. The van der Waals surface area contributed by atoms with E-state index in [-0.39, 0.29) is 11.8 Å². The van der Waals surface area contributed by atoms with Crippen LogP contribution in [0.3, 0.4) is 0 Å². The first kappa shape index (κ1) is 14.2. The number of benzene rings is 1. The molecule has 2 N–H and O–H groups in total. The van der Waals surface area contributed by atoms with Crippen molar-refractivity contribution in [3.05, 3.63) is 30.1 Å². The third-order valence-electron chi connectivity index (χ3n) is 4.18. The number of carbonyl (C=O) groups excluding carboxylic acids is 1. The lowest BCUT2D eigenvalue weighted by atomic mass is 9.97. The standard InChI is InChI=1S/C16H21N3O2/c1-11-4-2-5-13-16(11)19(10-18-13)9-12(20)8-14-15(21)6-3-7-17-14/h2,4-5,10,14-15,17,21H,3,6-9H2,1H3/t14-,15+/m1/s1. The predicted octanol–water partition coefficient (Wildman–Crippen LogP) is 1.42. The van der Waals surface area contributed by atoms with Gasteiger partial charge in [-0.3, -0.25) is 4.79 Å². The summed E-state index contributed by atoms with van der Waals surface area (Å²) in [7, 11) is 0. The largest absolute Gasteiger partial charge is 0.391 e. The maximum absolute atomic E-state index is 12.3. The fraction of sp³-hybridized carbons (Fsp3) is 0.500. The Bertz CT molecular complexity index is 650. The summed E-state index contributed by atoms with van der Waals surface area (Å²) in [6.45, 7) is 3.21. The number of Topliss-reactive ketones (excluding diaryl/α,β-unsaturated/α-hetero) is 1. The second-order valence-electron chi connectivity index (χ2n) is 5.83. The van der Waals surface area contributed by atoms with Crippen LogP contribution in [0.15, 0.2) is 24.5 Å². The van der Waals surface area contributed by atoms with Crippen molar-refractivity contribution in [2.24, 2.45) is 0 Å². The molecule has 112 valence electrons. The van der Waals surface area contributed by atoms with Gasteiger partial charge in [0.15, 0.2) is 5.78 Å². The van der Waals surface area contributed by atoms with Gasteiger partial charge in [0.25, 0.3) is 0 Å². The Morgan fingerprint density at radius 1 is 1.52 bits per heavy atom. The van der Waals surface area contributed by atoms with Gasteiger partial charge in [0.1, 0.15) is 0 Å². The number of carbonyl (C=O) groups is 1. The fourth-order valence-electron chi connectivity index (χ4n) is 3.07. The van der Waals surface area contributed by atoms with Crippen LogP contribution in [0.5, 0.6) is 0 Å². The maximum Gasteiger partial charge on any atom is 0.154 e. The summed E-state index contributed by atoms with van der Waals surface area (Å²) in [6.07, 6.45) is 3.42. The lowest BCUT2D eigenvalue weighted by Crippen LogP contribution is -2.46. The lowest BCUT2D eigenvalue weighted by molar-refractivity contribution is -0.121. The highest BCUT2D eigenvalue weighted by molar-refractivity contribution is 5.83. The molecule has 5 heteroatoms. The number of imidazole rings is 1. The summed E-state index contributed by atoms with van der Waals surface area (Å²) < 4.78 is 1.90. The lowest BCUT2D eigenvalue weighted by Gasteiger charge is -2.28. The number of ketones is 1. The zero-order valence-corrected chi connectivity index (χ0v) is 12.2. The van der Waals surface area contributed by atoms with Gasteiger partial charge in [-0.1, -0.05) is 12.1 Å². The van der Waals surface area contributed by atoms with E-state index < -0.39 is 6.10 Å². The molecule has 1 saturated heterocycles. The molecule has 0 unspecified atom stereocenters. The van der Waals surface area contributed by atoms with E-state index in [1.807, 2.05) is 29.7 Å². The van der Waals surface area contributed by atoms with Crippen LogP contribution in [0, 0.1) is 6.92 Å². The van der Waals surface area contributed by atoms with Crippen molar-refractivity contribution in [3.8, 4) is 0 Å². The summed E-state index contributed by atoms with van der Waals surface area (Å²) in [4.78, 5) is 16.6. The second-order valence-corrected chi connectivity index (χ2v) is 5.83. The van der Waals surface area contributed by atoms with Gasteiger partial charge in [0, 0.05) is 12.5 Å². The van der Waals surface area contributed by atoms with E-state index in [4.69, 9.17) is 0 Å². The summed E-state index contributed by atoms with van der Waals surface area (Å²) in [5.74, 6) is 0.121. The minimum atomic E-state index is -0.413. The van der Waals surface area contributed by atoms with Gasteiger partial charge in [-0.2, -0.15) is 0 Å². The average molecular weight is 287 g/mol. The van der Waals surface area contributed by atoms with Crippen LogP contribution < -0.4 is 5.32 Å². The molecule has 1 aromatic carbocycles. The van der Waals surface area contributed by atoms with Crippen molar-refractivity contribution in [1.82, 2.24) is 14.9 Å². The van der Waals surface area contributed by atoms with Crippen molar-refractivity contribution in [2.75, 3.05) is 6.54 Å². The van der Waals surface area contributed by atoms with Crippen LogP contribution in [-0.4, -0.2) is 39.1 Å². The van der Waals surface area contributed by atoms with Crippen LogP contribution >= 0.6 is 0 Å². The molecular formula is C16H21N3O2. The molecule has 0 amide bonds. The fourth-order valence-corrected chi connectivity index (χ4v) is 3.07. The molecule has 3 rings (SSSR count). The Labute approximate surface area is 124 Å². The van der Waals surface area contributed by atoms with Gasteiger partial charge in [-0.25, -0.2) is 4.98 Å². The Kier molecular flexibility index (Phi) is 4.03. The van der Waals surface area contributed by atoms with Gasteiger partial charge in [0.2, 0.25) is 0 Å². The van der Waals surface area contributed by atoms with E-state index in [2.05, 4.69) is 10.3 Å². The molecule has 0 radical (unpaired) electrons. The number of aliphatic hydroxyl groups excluding tert-OH is 1. The molecule has 1 aromatic heterocycles. The third kappa shape index (κ3) is 2.99. The Hall–Kier alpha value is -1.72. The van der Waals surface area contributed by atoms with Gasteiger partial charge < -0.3 is 15.0 Å². The topological polar surface area (TPSA) is 67.2 Å². The zero-order valence-electron chi connectivity index (χ0n) is 12.2. The molecule has 0 saturated carbocycles. The van der Waals surface area contributed by atoms with E-state index >= 15 is 0 Å². The molecule has 0 spiro atoms. The second kappa shape index (κ2) is 5.95. The molecule has 1 aliphatic rings. The average Bonchev–Trinajstić information content (AvgIpc) is 2.86. The highest BCUT2D eigenvalue weighted by Crippen LogP contribution is 2.18. The van der Waals surface area contributed by atoms with Gasteiger partial charge in [-0.05, 0) is 37.9 Å². The van der Waals surface area contributed by atoms with Crippen LogP contribution in [0.2, 0.25) is 0 Å². The number of hydrogen-bond donors (Lipinski definition) is 2. The Morgan fingerprint density at radius 2 is 2.38 bits per heavy atom. The predicted molar refractivity (Wildman–Crippen MR) is 81.1 cm³/mol. The van der Waals surface area contributed by atoms with Gasteiger partial charge >= 0.3 is 0 Å². The SMILES string of the molecule is Cc1cccc2ncn(CC(=O)C[C@H]3NCCC[C@@H]3O)c12. The normalized spacial score (nSPS) is 22.6. The van der Waals surface area contributed by atoms with E-state index in [1.54, 1.807) is 6.33 Å². The van der Waals surface area contributed by atoms with Crippen LogP contribution in [0.25, 0.3) is 11.0 Å². The minimum Gasteiger partial charge on any atom is -0.391 e. The minimum absolute atomic E-state index is 0.109. The molecule has 5 nitrogen and oxygen atoms in total. The van der Waals surface area contributed by atoms with Gasteiger partial charge in [0.05, 0.1) is 30.0 Å². The number of aryl methyl sites for hydroxylation is 1. The van der Waals surface area contributed by atoms with Gasteiger partial charge in [-0.15, -0.1) is 0 Å². The van der Waals surface area contributed by atoms with Crippen molar-refractivity contribution in [2.45, 2.75) is 44.9 Å². The molecule has 1 fully saturated rings. The summed E-state index contributed by atoms with van der Waals surface area (Å²) in [6, 6.07) is 5.84. The van der Waals surface area contributed by atoms with E-state index in [9.17, 15) is 9.90 Å². The number of para-hydroxylation sites is 1. The number of aromatic nitrogens is 2. The first-order valence-electron chi connectivity index (χ1n) is 7.49. The highest BCUT2D eigenvalue weighted by Gasteiger charge is 2.25. The zero-order chi connectivity index (χ0) is 14.8. The molecule has 0 aliphatic carbocycles. The monoisotopic (exact) mass is 287 g/mol. The van der Waals surface area contributed by atoms with Crippen molar-refractivity contribution in [3.63, 3.8) is 0 Å². The molecule has 0 bridgehead atoms. The molecule has 2 heterocycles. The molecule has 21 heavy (non-hydrogen) atoms. The smallest absolute Gasteiger partial charge is 0.154 e. The Morgan fingerprint density at radius 3 is 3.19 bits per heavy atom. The van der Waals surface area contributed by atoms with E-state index in [0.717, 1.165) is 36.0 Å². The Balaban J connectivity index is 1.71. The summed E-state index contributed by atoms with van der Waals surface area (Å²) in [5, 5.41) is 13.2. The highest BCUT2D eigenvalue weighted by atomic mass is 16.3. The number of nitrogens with one attached hydrogen (secondary N) is 1.